The molecule has 1 atom stereocenters. The van der Waals surface area contributed by atoms with Crippen LogP contribution in [0.5, 0.6) is 0 Å². The third-order valence-electron chi connectivity index (χ3n) is 3.32. The van der Waals surface area contributed by atoms with Crippen molar-refractivity contribution in [1.82, 2.24) is 4.72 Å². The van der Waals surface area contributed by atoms with E-state index >= 15 is 0 Å². The van der Waals surface area contributed by atoms with Crippen LogP contribution in [0.25, 0.3) is 0 Å². The summed E-state index contributed by atoms with van der Waals surface area (Å²) in [6, 6.07) is 4.15. The van der Waals surface area contributed by atoms with Gasteiger partial charge in [0.2, 0.25) is 0 Å². The van der Waals surface area contributed by atoms with Crippen LogP contribution in [-0.4, -0.2) is 9.75 Å². The van der Waals surface area contributed by atoms with Crippen LogP contribution in [0, 0.1) is 6.92 Å². The first-order valence-corrected chi connectivity index (χ1v) is 7.84. The standard InChI is InChI=1S/C15H23NOS/c1-11-9-10-14(18(17)16-15(2,3)4)13-8-6-5-7-12(11)13/h9-10,16H,5-8H2,1-4H3. The van der Waals surface area contributed by atoms with Crippen molar-refractivity contribution in [2.75, 3.05) is 0 Å². The van der Waals surface area contributed by atoms with Crippen LogP contribution in [0.15, 0.2) is 17.0 Å². The topological polar surface area (TPSA) is 29.1 Å². The molecule has 0 saturated heterocycles. The lowest BCUT2D eigenvalue weighted by Gasteiger charge is -2.24. The summed E-state index contributed by atoms with van der Waals surface area (Å²) in [4.78, 5) is 0.991. The van der Waals surface area contributed by atoms with Gasteiger partial charge in [-0.3, -0.25) is 0 Å². The molecule has 1 aliphatic carbocycles. The molecule has 0 saturated carbocycles. The van der Waals surface area contributed by atoms with Crippen molar-refractivity contribution in [3.8, 4) is 0 Å². The molecule has 0 fully saturated rings. The molecular formula is C15H23NOS. The Hall–Kier alpha value is -0.670. The van der Waals surface area contributed by atoms with Gasteiger partial charge in [0.25, 0.3) is 0 Å². The molecular weight excluding hydrogens is 242 g/mol. The summed E-state index contributed by atoms with van der Waals surface area (Å²) < 4.78 is 15.6. The van der Waals surface area contributed by atoms with Crippen molar-refractivity contribution in [2.45, 2.75) is 63.8 Å². The summed E-state index contributed by atoms with van der Waals surface area (Å²) in [6.45, 7) is 8.30. The van der Waals surface area contributed by atoms with Crippen molar-refractivity contribution in [3.63, 3.8) is 0 Å². The molecule has 0 aliphatic heterocycles. The average molecular weight is 265 g/mol. The van der Waals surface area contributed by atoms with Gasteiger partial charge in [0, 0.05) is 5.54 Å². The normalized spacial score (nSPS) is 17.3. The number of hydrogen-bond acceptors (Lipinski definition) is 1. The number of benzene rings is 1. The van der Waals surface area contributed by atoms with E-state index in [1.165, 1.54) is 29.5 Å². The molecule has 0 amide bonds. The number of hydrogen-bond donors (Lipinski definition) is 1. The lowest BCUT2D eigenvalue weighted by molar-refractivity contribution is 0.519. The fraction of sp³-hybridized carbons (Fsp3) is 0.600. The zero-order chi connectivity index (χ0) is 13.3. The first-order valence-electron chi connectivity index (χ1n) is 6.69. The smallest absolute Gasteiger partial charge is 0.125 e. The summed E-state index contributed by atoms with van der Waals surface area (Å²) in [7, 11) is -1.10. The summed E-state index contributed by atoms with van der Waals surface area (Å²) in [5.41, 5.74) is 3.98. The van der Waals surface area contributed by atoms with Crippen LogP contribution in [0.1, 0.15) is 50.3 Å². The molecule has 100 valence electrons. The molecule has 1 aromatic carbocycles. The highest BCUT2D eigenvalue weighted by Gasteiger charge is 2.21. The molecule has 0 heterocycles. The predicted octanol–water partition coefficient (Wildman–Crippen LogP) is 3.28. The maximum Gasteiger partial charge on any atom is 0.125 e. The Kier molecular flexibility index (Phi) is 3.93. The SMILES string of the molecule is Cc1ccc(S(=O)NC(C)(C)C)c2c1CCCC2. The van der Waals surface area contributed by atoms with Gasteiger partial charge < -0.3 is 0 Å². The van der Waals surface area contributed by atoms with Crippen molar-refractivity contribution in [1.29, 1.82) is 0 Å². The van der Waals surface area contributed by atoms with Crippen LogP contribution in [-0.2, 0) is 23.8 Å². The first-order chi connectivity index (χ1) is 8.38. The number of nitrogens with one attached hydrogen (secondary N) is 1. The molecule has 2 rings (SSSR count). The Morgan fingerprint density at radius 2 is 1.72 bits per heavy atom. The minimum Gasteiger partial charge on any atom is -0.237 e. The molecule has 0 aromatic heterocycles. The van der Waals surface area contributed by atoms with Gasteiger partial charge in [-0.1, -0.05) is 6.07 Å². The van der Waals surface area contributed by atoms with Crippen molar-refractivity contribution < 1.29 is 4.21 Å². The van der Waals surface area contributed by atoms with E-state index in [2.05, 4.69) is 17.7 Å². The molecule has 0 spiro atoms. The lowest BCUT2D eigenvalue weighted by Crippen LogP contribution is -2.37. The first kappa shape index (κ1) is 13.8. The van der Waals surface area contributed by atoms with E-state index in [-0.39, 0.29) is 5.54 Å². The molecule has 1 aromatic rings. The van der Waals surface area contributed by atoms with E-state index in [1.807, 2.05) is 26.8 Å². The van der Waals surface area contributed by atoms with Crippen LogP contribution < -0.4 is 4.72 Å². The van der Waals surface area contributed by atoms with Crippen molar-refractivity contribution in [2.24, 2.45) is 0 Å². The van der Waals surface area contributed by atoms with Gasteiger partial charge in [0.05, 0.1) is 4.90 Å². The van der Waals surface area contributed by atoms with Gasteiger partial charge in [-0.15, -0.1) is 0 Å². The Balaban J connectivity index is 2.37. The van der Waals surface area contributed by atoms with Crippen LogP contribution >= 0.6 is 0 Å². The second-order valence-electron chi connectivity index (χ2n) is 6.17. The van der Waals surface area contributed by atoms with Crippen molar-refractivity contribution >= 4 is 11.0 Å². The van der Waals surface area contributed by atoms with Crippen molar-refractivity contribution in [3.05, 3.63) is 28.8 Å². The van der Waals surface area contributed by atoms with Gasteiger partial charge in [0.1, 0.15) is 11.0 Å². The third-order valence-corrected chi connectivity index (χ3v) is 4.90. The minimum absolute atomic E-state index is 0.128. The van der Waals surface area contributed by atoms with E-state index < -0.39 is 11.0 Å². The Morgan fingerprint density at radius 3 is 2.33 bits per heavy atom. The highest BCUT2D eigenvalue weighted by atomic mass is 32.2. The summed E-state index contributed by atoms with van der Waals surface area (Å²) in [6.07, 6.45) is 4.69. The van der Waals surface area contributed by atoms with Crippen LogP contribution in [0.3, 0.4) is 0 Å². The predicted molar refractivity (Wildman–Crippen MR) is 77.1 cm³/mol. The van der Waals surface area contributed by atoms with Gasteiger partial charge in [-0.25, -0.2) is 8.93 Å². The number of rotatable bonds is 2. The van der Waals surface area contributed by atoms with Gasteiger partial charge in [-0.05, 0) is 76.1 Å². The minimum atomic E-state index is -1.10. The second-order valence-corrected chi connectivity index (χ2v) is 7.35. The molecule has 0 bridgehead atoms. The highest BCUT2D eigenvalue weighted by molar-refractivity contribution is 7.83. The average Bonchev–Trinajstić information content (AvgIpc) is 2.27. The quantitative estimate of drug-likeness (QED) is 0.873. The second kappa shape index (κ2) is 5.14. The van der Waals surface area contributed by atoms with E-state index in [0.29, 0.717) is 0 Å². The Bertz CT molecular complexity index is 474. The number of aryl methyl sites for hydroxylation is 1. The molecule has 3 heteroatoms. The monoisotopic (exact) mass is 265 g/mol. The Morgan fingerprint density at radius 1 is 1.11 bits per heavy atom. The van der Waals surface area contributed by atoms with Gasteiger partial charge in [0.15, 0.2) is 0 Å². The molecule has 2 nitrogen and oxygen atoms in total. The largest absolute Gasteiger partial charge is 0.237 e. The summed E-state index contributed by atoms with van der Waals surface area (Å²) in [5.74, 6) is 0. The van der Waals surface area contributed by atoms with E-state index in [4.69, 9.17) is 0 Å². The molecule has 1 aliphatic rings. The van der Waals surface area contributed by atoms with Gasteiger partial charge in [-0.2, -0.15) is 0 Å². The molecule has 1 unspecified atom stereocenters. The molecule has 1 N–H and O–H groups in total. The maximum atomic E-state index is 12.4. The fourth-order valence-corrected chi connectivity index (χ4v) is 3.83. The summed E-state index contributed by atoms with van der Waals surface area (Å²) >= 11 is 0. The molecule has 0 radical (unpaired) electrons. The zero-order valence-corrected chi connectivity index (χ0v) is 12.6. The van der Waals surface area contributed by atoms with E-state index in [0.717, 1.165) is 17.7 Å². The van der Waals surface area contributed by atoms with Crippen LogP contribution in [0.2, 0.25) is 0 Å². The third kappa shape index (κ3) is 3.01. The summed E-state index contributed by atoms with van der Waals surface area (Å²) in [5, 5.41) is 0. The lowest BCUT2D eigenvalue weighted by atomic mass is 9.89. The highest BCUT2D eigenvalue weighted by Crippen LogP contribution is 2.29. The zero-order valence-electron chi connectivity index (χ0n) is 11.8. The Labute approximate surface area is 113 Å². The van der Waals surface area contributed by atoms with E-state index in [9.17, 15) is 4.21 Å². The van der Waals surface area contributed by atoms with Crippen LogP contribution in [0.4, 0.5) is 0 Å². The van der Waals surface area contributed by atoms with E-state index in [1.54, 1.807) is 0 Å². The number of fused-ring (bicyclic) bond motifs is 1. The van der Waals surface area contributed by atoms with Gasteiger partial charge >= 0.3 is 0 Å². The maximum absolute atomic E-state index is 12.4. The molecule has 18 heavy (non-hydrogen) atoms. The fourth-order valence-electron chi connectivity index (χ4n) is 2.52.